The lowest BCUT2D eigenvalue weighted by molar-refractivity contribution is 0.102. The van der Waals surface area contributed by atoms with Crippen molar-refractivity contribution in [2.24, 2.45) is 0 Å². The molecular formula is C18H17Br2ClN2O3. The van der Waals surface area contributed by atoms with Crippen molar-refractivity contribution in [2.45, 2.75) is 0 Å². The molecule has 1 aliphatic heterocycles. The van der Waals surface area contributed by atoms with Crippen LogP contribution in [0, 0.1) is 0 Å². The Morgan fingerprint density at radius 2 is 1.96 bits per heavy atom. The van der Waals surface area contributed by atoms with Gasteiger partial charge >= 0.3 is 0 Å². The average molecular weight is 505 g/mol. The Kier molecular flexibility index (Phi) is 6.45. The molecule has 26 heavy (non-hydrogen) atoms. The molecular weight excluding hydrogens is 487 g/mol. The van der Waals surface area contributed by atoms with Gasteiger partial charge in [0.25, 0.3) is 5.91 Å². The monoisotopic (exact) mass is 502 g/mol. The predicted molar refractivity (Wildman–Crippen MR) is 111 cm³/mol. The van der Waals surface area contributed by atoms with Crippen LogP contribution in [0.25, 0.3) is 0 Å². The van der Waals surface area contributed by atoms with Crippen molar-refractivity contribution in [3.05, 3.63) is 49.9 Å². The van der Waals surface area contributed by atoms with Gasteiger partial charge < -0.3 is 19.7 Å². The Hall–Kier alpha value is -1.28. The number of carbonyl (C=O) groups is 1. The minimum atomic E-state index is -0.277. The summed E-state index contributed by atoms with van der Waals surface area (Å²) >= 11 is 13.0. The number of benzene rings is 2. The van der Waals surface area contributed by atoms with Gasteiger partial charge in [-0.3, -0.25) is 4.79 Å². The number of hydrogen-bond acceptors (Lipinski definition) is 4. The lowest BCUT2D eigenvalue weighted by atomic mass is 10.1. The summed E-state index contributed by atoms with van der Waals surface area (Å²) in [4.78, 5) is 15.1. The van der Waals surface area contributed by atoms with Crippen LogP contribution in [-0.2, 0) is 4.74 Å². The summed E-state index contributed by atoms with van der Waals surface area (Å²) in [7, 11) is 1.53. The van der Waals surface area contributed by atoms with E-state index in [2.05, 4.69) is 42.1 Å². The molecule has 3 rings (SSSR count). The fourth-order valence-electron chi connectivity index (χ4n) is 2.81. The molecule has 0 saturated carbocycles. The summed E-state index contributed by atoms with van der Waals surface area (Å²) < 4.78 is 12.3. The highest BCUT2D eigenvalue weighted by Crippen LogP contribution is 2.35. The number of amides is 1. The molecule has 1 N–H and O–H groups in total. The number of rotatable bonds is 4. The summed E-state index contributed by atoms with van der Waals surface area (Å²) in [5, 5.41) is 3.52. The minimum Gasteiger partial charge on any atom is -0.495 e. The number of morpholine rings is 1. The van der Waals surface area contributed by atoms with Gasteiger partial charge in [0.1, 0.15) is 5.75 Å². The summed E-state index contributed by atoms with van der Waals surface area (Å²) in [6, 6.07) is 9.03. The van der Waals surface area contributed by atoms with Crippen molar-refractivity contribution in [1.29, 1.82) is 0 Å². The number of anilines is 2. The molecule has 0 radical (unpaired) electrons. The maximum atomic E-state index is 12.9. The van der Waals surface area contributed by atoms with Crippen LogP contribution in [0.3, 0.4) is 0 Å². The zero-order valence-corrected chi connectivity index (χ0v) is 17.9. The van der Waals surface area contributed by atoms with Crippen molar-refractivity contribution in [1.82, 2.24) is 0 Å². The van der Waals surface area contributed by atoms with Gasteiger partial charge in [0.05, 0.1) is 41.7 Å². The maximum absolute atomic E-state index is 12.9. The second kappa shape index (κ2) is 8.61. The molecule has 138 valence electrons. The van der Waals surface area contributed by atoms with E-state index in [1.165, 1.54) is 7.11 Å². The molecule has 1 amide bonds. The van der Waals surface area contributed by atoms with E-state index >= 15 is 0 Å². The van der Waals surface area contributed by atoms with Gasteiger partial charge in [0, 0.05) is 22.6 Å². The largest absolute Gasteiger partial charge is 0.495 e. The molecule has 2 aromatic carbocycles. The van der Waals surface area contributed by atoms with Gasteiger partial charge in [-0.25, -0.2) is 0 Å². The second-order valence-corrected chi connectivity index (χ2v) is 7.89. The zero-order chi connectivity index (χ0) is 18.7. The van der Waals surface area contributed by atoms with E-state index in [1.54, 1.807) is 12.1 Å². The molecule has 0 atom stereocenters. The number of ether oxygens (including phenoxy) is 2. The lowest BCUT2D eigenvalue weighted by Gasteiger charge is -2.30. The Morgan fingerprint density at radius 3 is 2.65 bits per heavy atom. The Balaban J connectivity index is 1.94. The third-order valence-electron chi connectivity index (χ3n) is 4.02. The average Bonchev–Trinajstić information content (AvgIpc) is 2.62. The first-order valence-corrected chi connectivity index (χ1v) is 9.92. The van der Waals surface area contributed by atoms with Crippen molar-refractivity contribution < 1.29 is 14.3 Å². The molecule has 8 heteroatoms. The summed E-state index contributed by atoms with van der Waals surface area (Å²) in [6.07, 6.45) is 0. The van der Waals surface area contributed by atoms with Gasteiger partial charge in [-0.15, -0.1) is 0 Å². The molecule has 0 aromatic heterocycles. The Morgan fingerprint density at radius 1 is 1.23 bits per heavy atom. The quantitative estimate of drug-likeness (QED) is 0.640. The minimum absolute atomic E-state index is 0.277. The van der Waals surface area contributed by atoms with Crippen LogP contribution in [0.1, 0.15) is 10.4 Å². The topological polar surface area (TPSA) is 50.8 Å². The van der Waals surface area contributed by atoms with Gasteiger partial charge in [0.2, 0.25) is 0 Å². The van der Waals surface area contributed by atoms with Gasteiger partial charge in [-0.1, -0.05) is 27.5 Å². The smallest absolute Gasteiger partial charge is 0.259 e. The van der Waals surface area contributed by atoms with Crippen LogP contribution in [0.2, 0.25) is 5.02 Å². The fourth-order valence-corrected chi connectivity index (χ4v) is 4.37. The molecule has 0 spiro atoms. The van der Waals surface area contributed by atoms with Crippen LogP contribution in [0.5, 0.6) is 5.75 Å². The molecule has 0 unspecified atom stereocenters. The summed E-state index contributed by atoms with van der Waals surface area (Å²) in [5.41, 5.74) is 1.99. The first-order chi connectivity index (χ1) is 12.5. The normalized spacial score (nSPS) is 14.2. The molecule has 2 aromatic rings. The van der Waals surface area contributed by atoms with Gasteiger partial charge in [-0.2, -0.15) is 0 Å². The highest BCUT2D eigenvalue weighted by molar-refractivity contribution is 9.11. The Labute approximate surface area is 173 Å². The summed E-state index contributed by atoms with van der Waals surface area (Å²) in [5.74, 6) is 0.196. The molecule has 0 bridgehead atoms. The lowest BCUT2D eigenvalue weighted by Crippen LogP contribution is -2.36. The maximum Gasteiger partial charge on any atom is 0.259 e. The SMILES string of the molecule is COc1c(Br)cc(Br)cc1C(=O)Nc1cc(Cl)ccc1N1CCOCC1. The number of nitrogens with one attached hydrogen (secondary N) is 1. The highest BCUT2D eigenvalue weighted by atomic mass is 79.9. The molecule has 1 heterocycles. The second-order valence-electron chi connectivity index (χ2n) is 5.68. The van der Waals surface area contributed by atoms with Crippen molar-refractivity contribution in [2.75, 3.05) is 43.6 Å². The van der Waals surface area contributed by atoms with E-state index in [-0.39, 0.29) is 5.91 Å². The molecule has 5 nitrogen and oxygen atoms in total. The zero-order valence-electron chi connectivity index (χ0n) is 14.0. The third kappa shape index (κ3) is 4.34. The summed E-state index contributed by atoms with van der Waals surface area (Å²) in [6.45, 7) is 2.83. The van der Waals surface area contributed by atoms with Crippen LogP contribution < -0.4 is 15.0 Å². The van der Waals surface area contributed by atoms with Crippen LogP contribution in [0.15, 0.2) is 39.3 Å². The number of halogens is 3. The van der Waals surface area contributed by atoms with Crippen LogP contribution >= 0.6 is 43.5 Å². The molecule has 0 aliphatic carbocycles. The van der Waals surface area contributed by atoms with Crippen molar-refractivity contribution >= 4 is 60.7 Å². The Bertz CT molecular complexity index is 826. The molecule has 1 aliphatic rings. The highest BCUT2D eigenvalue weighted by Gasteiger charge is 2.20. The first-order valence-electron chi connectivity index (χ1n) is 7.96. The fraction of sp³-hybridized carbons (Fsp3) is 0.278. The standard InChI is InChI=1S/C18H17Br2ClN2O3/c1-25-17-13(8-11(19)9-14(17)20)18(24)22-15-10-12(21)2-3-16(15)23-4-6-26-7-5-23/h2-3,8-10H,4-7H2,1H3,(H,22,24). The number of carbonyl (C=O) groups excluding carboxylic acids is 1. The van der Waals surface area contributed by atoms with Crippen molar-refractivity contribution in [3.8, 4) is 5.75 Å². The predicted octanol–water partition coefficient (Wildman–Crippen LogP) is 4.96. The first kappa shape index (κ1) is 19.5. The van der Waals surface area contributed by atoms with Gasteiger partial charge in [0.15, 0.2) is 0 Å². The van der Waals surface area contributed by atoms with Crippen LogP contribution in [0.4, 0.5) is 11.4 Å². The van der Waals surface area contributed by atoms with E-state index in [0.29, 0.717) is 39.7 Å². The van der Waals surface area contributed by atoms with Gasteiger partial charge in [-0.05, 0) is 46.3 Å². The molecule has 1 saturated heterocycles. The number of hydrogen-bond donors (Lipinski definition) is 1. The van der Waals surface area contributed by atoms with E-state index in [1.807, 2.05) is 18.2 Å². The van der Waals surface area contributed by atoms with E-state index in [4.69, 9.17) is 21.1 Å². The third-order valence-corrected chi connectivity index (χ3v) is 5.30. The van der Waals surface area contributed by atoms with Crippen LogP contribution in [-0.4, -0.2) is 39.3 Å². The van der Waals surface area contributed by atoms with E-state index in [9.17, 15) is 4.79 Å². The number of methoxy groups -OCH3 is 1. The van der Waals surface area contributed by atoms with E-state index < -0.39 is 0 Å². The molecule has 1 fully saturated rings. The van der Waals surface area contributed by atoms with Crippen molar-refractivity contribution in [3.63, 3.8) is 0 Å². The number of nitrogens with zero attached hydrogens (tertiary/aromatic N) is 1. The van der Waals surface area contributed by atoms with E-state index in [0.717, 1.165) is 23.2 Å².